The largest absolute Gasteiger partial charge is 0.496 e. The third kappa shape index (κ3) is 4.62. The normalized spacial score (nSPS) is 14.3. The van der Waals surface area contributed by atoms with E-state index in [0.29, 0.717) is 30.2 Å². The predicted octanol–water partition coefficient (Wildman–Crippen LogP) is 1.16. The Bertz CT molecular complexity index is 908. The molecule has 0 bridgehead atoms. The molecule has 1 amide bonds. The third-order valence-electron chi connectivity index (χ3n) is 5.31. The van der Waals surface area contributed by atoms with E-state index in [2.05, 4.69) is 0 Å². The Morgan fingerprint density at radius 2 is 1.57 bits per heavy atom. The highest BCUT2D eigenvalue weighted by Gasteiger charge is 2.26. The number of carbonyl (C=O) groups is 1. The van der Waals surface area contributed by atoms with Crippen LogP contribution in [0.3, 0.4) is 0 Å². The molecular weight excluding hydrogens is 390 g/mol. The lowest BCUT2D eigenvalue weighted by Gasteiger charge is -2.32. The van der Waals surface area contributed by atoms with E-state index >= 15 is 0 Å². The summed E-state index contributed by atoms with van der Waals surface area (Å²) >= 11 is 0. The quantitative estimate of drug-likeness (QED) is 0.538. The number of ether oxygens (including phenoxy) is 3. The number of nitro groups is 1. The molecule has 1 heterocycles. The first-order chi connectivity index (χ1) is 14.5. The minimum absolute atomic E-state index is 0.0234. The van der Waals surface area contributed by atoms with E-state index in [0.717, 1.165) is 30.9 Å². The highest BCUT2D eigenvalue weighted by molar-refractivity contribution is 5.94. The second-order valence-electron chi connectivity index (χ2n) is 7.04. The topological polar surface area (TPSA) is 95.6 Å². The van der Waals surface area contributed by atoms with E-state index in [1.807, 2.05) is 12.1 Å². The molecule has 0 saturated carbocycles. The van der Waals surface area contributed by atoms with Crippen molar-refractivity contribution >= 4 is 11.6 Å². The second-order valence-corrected chi connectivity index (χ2v) is 7.04. The first-order valence-electron chi connectivity index (χ1n) is 9.63. The maximum Gasteiger partial charge on any atom is 0.269 e. The van der Waals surface area contributed by atoms with Crippen LogP contribution >= 0.6 is 0 Å². The maximum atomic E-state index is 12.7. The zero-order chi connectivity index (χ0) is 21.7. The van der Waals surface area contributed by atoms with Crippen molar-refractivity contribution in [3.8, 4) is 17.2 Å². The summed E-state index contributed by atoms with van der Waals surface area (Å²) in [6.07, 6.45) is 0. The van der Waals surface area contributed by atoms with Crippen molar-refractivity contribution in [2.24, 2.45) is 0 Å². The molecule has 9 heteroatoms. The minimum Gasteiger partial charge on any atom is -0.496 e. The summed E-state index contributed by atoms with van der Waals surface area (Å²) in [4.78, 5) is 26.1. The maximum absolute atomic E-state index is 12.7. The molecule has 0 unspecified atom stereocenters. The molecule has 1 aliphatic heterocycles. The lowest BCUT2D eigenvalue weighted by atomic mass is 10.1. The number of hydrogen-bond acceptors (Lipinski definition) is 6. The summed E-state index contributed by atoms with van der Waals surface area (Å²) in [5.74, 6) is 1.91. The van der Waals surface area contributed by atoms with Crippen LogP contribution < -0.4 is 19.1 Å². The lowest BCUT2D eigenvalue weighted by Crippen LogP contribution is -3.13. The molecule has 1 N–H and O–H groups in total. The van der Waals surface area contributed by atoms with Crippen molar-refractivity contribution in [2.45, 2.75) is 6.54 Å². The number of amides is 1. The Morgan fingerprint density at radius 3 is 2.10 bits per heavy atom. The first kappa shape index (κ1) is 21.4. The number of nitro benzene ring substituents is 1. The van der Waals surface area contributed by atoms with Gasteiger partial charge in [-0.15, -0.1) is 0 Å². The molecule has 1 saturated heterocycles. The van der Waals surface area contributed by atoms with Gasteiger partial charge in [0.25, 0.3) is 11.6 Å². The Kier molecular flexibility index (Phi) is 6.73. The van der Waals surface area contributed by atoms with Crippen LogP contribution in [0.15, 0.2) is 36.4 Å². The fraction of sp³-hybridized carbons (Fsp3) is 0.381. The van der Waals surface area contributed by atoms with Gasteiger partial charge in [0.2, 0.25) is 0 Å². The van der Waals surface area contributed by atoms with Gasteiger partial charge in [0, 0.05) is 23.8 Å². The number of rotatable bonds is 7. The van der Waals surface area contributed by atoms with Gasteiger partial charge >= 0.3 is 0 Å². The van der Waals surface area contributed by atoms with Gasteiger partial charge in [-0.2, -0.15) is 0 Å². The molecule has 2 aromatic rings. The summed E-state index contributed by atoms with van der Waals surface area (Å²) < 4.78 is 16.2. The monoisotopic (exact) mass is 416 g/mol. The molecule has 9 nitrogen and oxygen atoms in total. The van der Waals surface area contributed by atoms with Crippen LogP contribution in [0.1, 0.15) is 15.9 Å². The van der Waals surface area contributed by atoms with Crippen molar-refractivity contribution in [1.29, 1.82) is 0 Å². The van der Waals surface area contributed by atoms with Crippen molar-refractivity contribution in [3.05, 3.63) is 57.6 Å². The van der Waals surface area contributed by atoms with Gasteiger partial charge in [0.15, 0.2) is 11.5 Å². The van der Waals surface area contributed by atoms with Crippen molar-refractivity contribution in [1.82, 2.24) is 4.90 Å². The number of hydrogen-bond donors (Lipinski definition) is 1. The second kappa shape index (κ2) is 9.45. The summed E-state index contributed by atoms with van der Waals surface area (Å²) in [6.45, 7) is 3.54. The number of nitrogens with one attached hydrogen (secondary N) is 1. The Morgan fingerprint density at radius 1 is 1.00 bits per heavy atom. The summed E-state index contributed by atoms with van der Waals surface area (Å²) in [6, 6.07) is 9.49. The molecule has 30 heavy (non-hydrogen) atoms. The van der Waals surface area contributed by atoms with Gasteiger partial charge < -0.3 is 24.0 Å². The van der Waals surface area contributed by atoms with Gasteiger partial charge in [-0.3, -0.25) is 14.9 Å². The molecular formula is C21H26N3O6+. The molecule has 2 aromatic carbocycles. The highest BCUT2D eigenvalue weighted by atomic mass is 16.6. The Labute approximate surface area is 174 Å². The van der Waals surface area contributed by atoms with Crippen LogP contribution in [0.25, 0.3) is 0 Å². The zero-order valence-electron chi connectivity index (χ0n) is 17.3. The Balaban J connectivity index is 1.63. The molecule has 0 atom stereocenters. The van der Waals surface area contributed by atoms with E-state index in [-0.39, 0.29) is 11.6 Å². The number of piperazine rings is 1. The van der Waals surface area contributed by atoms with Crippen molar-refractivity contribution in [3.63, 3.8) is 0 Å². The number of carbonyl (C=O) groups excluding carboxylic acids is 1. The SMILES string of the molecule is COc1cc(OC)c(OC)cc1C[NH+]1CCN(C(=O)c2ccc([N+](=O)[O-])cc2)CC1. The van der Waals surface area contributed by atoms with E-state index in [1.165, 1.54) is 29.2 Å². The highest BCUT2D eigenvalue weighted by Crippen LogP contribution is 2.34. The minimum atomic E-state index is -0.473. The van der Waals surface area contributed by atoms with Crippen LogP contribution in [0.4, 0.5) is 5.69 Å². The summed E-state index contributed by atoms with van der Waals surface area (Å²) in [5, 5.41) is 10.8. The molecule has 160 valence electrons. The van der Waals surface area contributed by atoms with Gasteiger partial charge in [-0.25, -0.2) is 0 Å². The fourth-order valence-electron chi connectivity index (χ4n) is 3.61. The third-order valence-corrected chi connectivity index (χ3v) is 5.31. The molecule has 1 fully saturated rings. The molecule has 0 aromatic heterocycles. The fourth-order valence-corrected chi connectivity index (χ4v) is 3.61. The molecule has 0 aliphatic carbocycles. The van der Waals surface area contributed by atoms with Crippen LogP contribution in [-0.2, 0) is 6.54 Å². The van der Waals surface area contributed by atoms with Crippen molar-refractivity contribution in [2.75, 3.05) is 47.5 Å². The molecule has 0 spiro atoms. The van der Waals surface area contributed by atoms with Gasteiger partial charge in [0.05, 0.1) is 58.0 Å². The number of methoxy groups -OCH3 is 3. The number of quaternary nitrogens is 1. The Hall–Kier alpha value is -3.33. The summed E-state index contributed by atoms with van der Waals surface area (Å²) in [5.41, 5.74) is 1.45. The van der Waals surface area contributed by atoms with E-state index in [1.54, 1.807) is 26.2 Å². The average molecular weight is 416 g/mol. The van der Waals surface area contributed by atoms with Crippen molar-refractivity contribution < 1.29 is 28.8 Å². The molecule has 1 aliphatic rings. The van der Waals surface area contributed by atoms with Gasteiger partial charge in [-0.1, -0.05) is 0 Å². The van der Waals surface area contributed by atoms with E-state index in [4.69, 9.17) is 14.2 Å². The van der Waals surface area contributed by atoms with E-state index in [9.17, 15) is 14.9 Å². The number of nitrogens with zero attached hydrogens (tertiary/aromatic N) is 2. The molecule has 3 rings (SSSR count). The number of non-ortho nitro benzene ring substituents is 1. The summed E-state index contributed by atoms with van der Waals surface area (Å²) in [7, 11) is 4.81. The average Bonchev–Trinajstić information content (AvgIpc) is 2.78. The lowest BCUT2D eigenvalue weighted by molar-refractivity contribution is -0.917. The zero-order valence-corrected chi connectivity index (χ0v) is 17.3. The van der Waals surface area contributed by atoms with Crippen LogP contribution in [-0.4, -0.2) is 63.2 Å². The smallest absolute Gasteiger partial charge is 0.269 e. The van der Waals surface area contributed by atoms with E-state index < -0.39 is 4.92 Å². The van der Waals surface area contributed by atoms with Crippen LogP contribution in [0, 0.1) is 10.1 Å². The van der Waals surface area contributed by atoms with Gasteiger partial charge in [0.1, 0.15) is 12.3 Å². The van der Waals surface area contributed by atoms with Crippen LogP contribution in [0.5, 0.6) is 17.2 Å². The molecule has 0 radical (unpaired) electrons. The first-order valence-corrected chi connectivity index (χ1v) is 9.63. The predicted molar refractivity (Wildman–Crippen MR) is 109 cm³/mol. The van der Waals surface area contributed by atoms with Crippen LogP contribution in [0.2, 0.25) is 0 Å². The number of benzene rings is 2. The standard InChI is InChI=1S/C21H25N3O6/c1-28-18-13-20(30-3)19(29-2)12-16(18)14-22-8-10-23(11-9-22)21(25)15-4-6-17(7-5-15)24(26)27/h4-7,12-13H,8-11,14H2,1-3H3/p+1. The van der Waals surface area contributed by atoms with Gasteiger partial charge in [-0.05, 0) is 18.2 Å².